The number of carbonyl (C=O) groups excluding carboxylic acids is 1. The van der Waals surface area contributed by atoms with Crippen LogP contribution in [-0.4, -0.2) is 15.8 Å². The number of benzene rings is 2. The second-order valence-corrected chi connectivity index (χ2v) is 5.93. The van der Waals surface area contributed by atoms with E-state index in [2.05, 4.69) is 9.97 Å². The molecule has 0 saturated carbocycles. The first-order valence-corrected chi connectivity index (χ1v) is 7.85. The Morgan fingerprint density at radius 1 is 1.12 bits per heavy atom. The van der Waals surface area contributed by atoms with E-state index >= 15 is 0 Å². The summed E-state index contributed by atoms with van der Waals surface area (Å²) < 4.78 is 33.4. The lowest BCUT2D eigenvalue weighted by Gasteiger charge is -2.12. The number of nitrogens with zero attached hydrogens (tertiary/aromatic N) is 2. The zero-order chi connectivity index (χ0) is 18.0. The SMILES string of the molecule is CC(C)C(=O)Cc1c(F)cccc1Oc1cnc2c(F)cccc2n1. The molecule has 0 spiro atoms. The summed E-state index contributed by atoms with van der Waals surface area (Å²) in [6.07, 6.45) is 1.19. The van der Waals surface area contributed by atoms with Gasteiger partial charge in [0.1, 0.15) is 22.9 Å². The molecule has 0 aliphatic carbocycles. The number of rotatable bonds is 5. The molecule has 1 aromatic heterocycles. The fraction of sp³-hybridized carbons (Fsp3) is 0.211. The van der Waals surface area contributed by atoms with Gasteiger partial charge in [0.15, 0.2) is 5.82 Å². The first kappa shape index (κ1) is 17.0. The molecular weight excluding hydrogens is 326 g/mol. The second-order valence-electron chi connectivity index (χ2n) is 5.93. The van der Waals surface area contributed by atoms with Crippen molar-refractivity contribution < 1.29 is 18.3 Å². The third kappa shape index (κ3) is 3.63. The molecule has 0 bridgehead atoms. The number of halogens is 2. The number of Topliss-reactive ketones (excluding diaryl/α,β-unsaturated/α-hetero) is 1. The van der Waals surface area contributed by atoms with E-state index in [1.807, 2.05) is 0 Å². The molecule has 4 nitrogen and oxygen atoms in total. The highest BCUT2D eigenvalue weighted by Crippen LogP contribution is 2.28. The van der Waals surface area contributed by atoms with Gasteiger partial charge in [-0.3, -0.25) is 4.79 Å². The molecule has 3 aromatic rings. The van der Waals surface area contributed by atoms with Gasteiger partial charge in [-0.05, 0) is 24.3 Å². The van der Waals surface area contributed by atoms with Crippen LogP contribution < -0.4 is 4.74 Å². The number of para-hydroxylation sites is 1. The first-order valence-electron chi connectivity index (χ1n) is 7.85. The molecule has 0 N–H and O–H groups in total. The number of aromatic nitrogens is 2. The maximum atomic E-state index is 14.2. The number of hydrogen-bond acceptors (Lipinski definition) is 4. The highest BCUT2D eigenvalue weighted by Gasteiger charge is 2.17. The van der Waals surface area contributed by atoms with E-state index < -0.39 is 11.6 Å². The van der Waals surface area contributed by atoms with Crippen LogP contribution in [0.4, 0.5) is 8.78 Å². The van der Waals surface area contributed by atoms with Gasteiger partial charge in [0.05, 0.1) is 11.7 Å². The maximum absolute atomic E-state index is 14.2. The second kappa shape index (κ2) is 6.93. The third-order valence-electron chi connectivity index (χ3n) is 3.79. The summed E-state index contributed by atoms with van der Waals surface area (Å²) in [6, 6.07) is 8.74. The minimum atomic E-state index is -0.522. The molecule has 3 rings (SSSR count). The molecule has 0 saturated heterocycles. The standard InChI is InChI=1S/C19H16F2N2O2/c1-11(2)16(24)9-12-13(20)5-4-8-17(12)25-18-10-22-19-14(21)6-3-7-15(19)23-18/h3-8,10-11H,9H2,1-2H3. The minimum absolute atomic E-state index is 0.0741. The summed E-state index contributed by atoms with van der Waals surface area (Å²) in [5, 5.41) is 0. The van der Waals surface area contributed by atoms with Crippen LogP contribution in [0.3, 0.4) is 0 Å². The maximum Gasteiger partial charge on any atom is 0.238 e. The van der Waals surface area contributed by atoms with E-state index in [9.17, 15) is 13.6 Å². The summed E-state index contributed by atoms with van der Waals surface area (Å²) in [5.74, 6) is -1.02. The lowest BCUT2D eigenvalue weighted by atomic mass is 10.00. The van der Waals surface area contributed by atoms with Gasteiger partial charge in [-0.25, -0.2) is 18.7 Å². The number of carbonyl (C=O) groups is 1. The zero-order valence-corrected chi connectivity index (χ0v) is 13.8. The Bertz CT molecular complexity index is 942. The predicted molar refractivity (Wildman–Crippen MR) is 89.5 cm³/mol. The zero-order valence-electron chi connectivity index (χ0n) is 13.8. The number of hydrogen-bond donors (Lipinski definition) is 0. The highest BCUT2D eigenvalue weighted by atomic mass is 19.1. The van der Waals surface area contributed by atoms with E-state index in [1.54, 1.807) is 26.0 Å². The fourth-order valence-corrected chi connectivity index (χ4v) is 2.34. The molecule has 0 amide bonds. The molecule has 0 atom stereocenters. The summed E-state index contributed by atoms with van der Waals surface area (Å²) >= 11 is 0. The molecule has 1 heterocycles. The van der Waals surface area contributed by atoms with E-state index in [-0.39, 0.29) is 40.8 Å². The monoisotopic (exact) mass is 342 g/mol. The lowest BCUT2D eigenvalue weighted by molar-refractivity contribution is -0.121. The van der Waals surface area contributed by atoms with Crippen molar-refractivity contribution in [3.05, 3.63) is 59.8 Å². The third-order valence-corrected chi connectivity index (χ3v) is 3.79. The smallest absolute Gasteiger partial charge is 0.238 e. The summed E-state index contributed by atoms with van der Waals surface area (Å²) in [5.41, 5.74) is 0.625. The predicted octanol–water partition coefficient (Wildman–Crippen LogP) is 4.47. The van der Waals surface area contributed by atoms with Crippen LogP contribution in [0.15, 0.2) is 42.6 Å². The summed E-state index contributed by atoms with van der Waals surface area (Å²) in [4.78, 5) is 20.2. The molecule has 0 radical (unpaired) electrons. The average Bonchev–Trinajstić information content (AvgIpc) is 2.58. The Morgan fingerprint density at radius 3 is 2.60 bits per heavy atom. The van der Waals surface area contributed by atoms with Gasteiger partial charge in [-0.1, -0.05) is 26.0 Å². The van der Waals surface area contributed by atoms with Crippen LogP contribution in [0.2, 0.25) is 0 Å². The molecular formula is C19H16F2N2O2. The van der Waals surface area contributed by atoms with Crippen LogP contribution in [-0.2, 0) is 11.2 Å². The van der Waals surface area contributed by atoms with Crippen molar-refractivity contribution >= 4 is 16.8 Å². The van der Waals surface area contributed by atoms with Crippen LogP contribution in [0.1, 0.15) is 19.4 Å². The molecule has 0 aliphatic rings. The number of ether oxygens (including phenoxy) is 1. The molecule has 6 heteroatoms. The van der Waals surface area contributed by atoms with Crippen molar-refractivity contribution in [3.8, 4) is 11.6 Å². The van der Waals surface area contributed by atoms with Crippen molar-refractivity contribution in [2.45, 2.75) is 20.3 Å². The van der Waals surface area contributed by atoms with E-state index in [0.29, 0.717) is 5.52 Å². The fourth-order valence-electron chi connectivity index (χ4n) is 2.34. The normalized spacial score (nSPS) is 11.1. The molecule has 128 valence electrons. The van der Waals surface area contributed by atoms with Gasteiger partial charge in [0, 0.05) is 17.9 Å². The van der Waals surface area contributed by atoms with Crippen molar-refractivity contribution in [1.29, 1.82) is 0 Å². The Labute approximate surface area is 143 Å². The molecule has 0 fully saturated rings. The van der Waals surface area contributed by atoms with E-state index in [0.717, 1.165) is 0 Å². The van der Waals surface area contributed by atoms with Crippen molar-refractivity contribution in [1.82, 2.24) is 9.97 Å². The Hall–Kier alpha value is -2.89. The van der Waals surface area contributed by atoms with Gasteiger partial charge in [0.2, 0.25) is 5.88 Å². The van der Waals surface area contributed by atoms with Crippen LogP contribution in [0, 0.1) is 17.6 Å². The largest absolute Gasteiger partial charge is 0.437 e. The van der Waals surface area contributed by atoms with Crippen molar-refractivity contribution in [2.75, 3.05) is 0 Å². The number of ketones is 1. The van der Waals surface area contributed by atoms with Crippen LogP contribution in [0.25, 0.3) is 11.0 Å². The molecule has 0 aliphatic heterocycles. The van der Waals surface area contributed by atoms with E-state index in [1.165, 1.54) is 30.5 Å². The average molecular weight is 342 g/mol. The van der Waals surface area contributed by atoms with Crippen molar-refractivity contribution in [3.63, 3.8) is 0 Å². The molecule has 0 unspecified atom stereocenters. The summed E-state index contributed by atoms with van der Waals surface area (Å²) in [6.45, 7) is 3.51. The van der Waals surface area contributed by atoms with E-state index in [4.69, 9.17) is 4.74 Å². The van der Waals surface area contributed by atoms with Crippen molar-refractivity contribution in [2.24, 2.45) is 5.92 Å². The Balaban J connectivity index is 1.95. The first-order chi connectivity index (χ1) is 12.0. The van der Waals surface area contributed by atoms with Gasteiger partial charge in [-0.15, -0.1) is 0 Å². The van der Waals surface area contributed by atoms with Gasteiger partial charge in [0.25, 0.3) is 0 Å². The lowest BCUT2D eigenvalue weighted by Crippen LogP contribution is -2.12. The quantitative estimate of drug-likeness (QED) is 0.686. The Morgan fingerprint density at radius 2 is 1.84 bits per heavy atom. The van der Waals surface area contributed by atoms with Crippen LogP contribution in [0.5, 0.6) is 11.6 Å². The Kier molecular flexibility index (Phi) is 4.70. The highest BCUT2D eigenvalue weighted by molar-refractivity contribution is 5.83. The number of fused-ring (bicyclic) bond motifs is 1. The molecule has 25 heavy (non-hydrogen) atoms. The van der Waals surface area contributed by atoms with Gasteiger partial charge in [-0.2, -0.15) is 0 Å². The molecule has 2 aromatic carbocycles. The van der Waals surface area contributed by atoms with Gasteiger partial charge < -0.3 is 4.74 Å². The van der Waals surface area contributed by atoms with Crippen LogP contribution >= 0.6 is 0 Å². The van der Waals surface area contributed by atoms with Gasteiger partial charge >= 0.3 is 0 Å². The minimum Gasteiger partial charge on any atom is -0.437 e. The summed E-state index contributed by atoms with van der Waals surface area (Å²) in [7, 11) is 0. The topological polar surface area (TPSA) is 52.1 Å².